The molecule has 0 aliphatic heterocycles. The predicted octanol–water partition coefficient (Wildman–Crippen LogP) is 6.42. The fourth-order valence-electron chi connectivity index (χ4n) is 1.22. The molecule has 19 heteroatoms. The molecule has 169 valence electrons. The van der Waals surface area contributed by atoms with Crippen molar-refractivity contribution in [3.63, 3.8) is 0 Å². The maximum absolute atomic E-state index is 12.9. The summed E-state index contributed by atoms with van der Waals surface area (Å²) in [5.41, 5.74) is 0. The first-order valence-electron chi connectivity index (χ1n) is 5.59. The van der Waals surface area contributed by atoms with Crippen molar-refractivity contribution < 1.29 is 83.4 Å². The van der Waals surface area contributed by atoms with Crippen molar-refractivity contribution in [1.29, 1.82) is 0 Å². The number of halogens is 19. The molecule has 0 aliphatic carbocycles. The summed E-state index contributed by atoms with van der Waals surface area (Å²) in [6.45, 7) is 0. The first-order chi connectivity index (χ1) is 11.7. The second kappa shape index (κ2) is 6.33. The first kappa shape index (κ1) is 26.7. The summed E-state index contributed by atoms with van der Waals surface area (Å²) < 4.78 is 235. The Balaban J connectivity index is 6.51. The van der Waals surface area contributed by atoms with Gasteiger partial charge in [0.1, 0.15) is 0 Å². The Kier molecular flexibility index (Phi) is 6.03. The number of rotatable bonds is 6. The average Bonchev–Trinajstić information content (AvgIpc) is 2.42. The van der Waals surface area contributed by atoms with E-state index in [1.54, 1.807) is 0 Å². The van der Waals surface area contributed by atoms with Crippen LogP contribution in [0.2, 0.25) is 0 Å². The van der Waals surface area contributed by atoms with Crippen molar-refractivity contribution in [2.75, 3.05) is 0 Å². The van der Waals surface area contributed by atoms with Gasteiger partial charge in [0.25, 0.3) is 6.17 Å². The van der Waals surface area contributed by atoms with Crippen LogP contribution in [0.15, 0.2) is 0 Å². The van der Waals surface area contributed by atoms with Crippen LogP contribution in [0.4, 0.5) is 83.4 Å². The number of hydrogen-bond acceptors (Lipinski definition) is 0. The molecule has 0 saturated heterocycles. The minimum absolute atomic E-state index is 5.94. The van der Waals surface area contributed by atoms with Crippen LogP contribution in [-0.2, 0) is 0 Å². The highest BCUT2D eigenvalue weighted by Crippen LogP contribution is 2.63. The minimum Gasteiger partial charge on any atom is -0.226 e. The van der Waals surface area contributed by atoms with Gasteiger partial charge in [-0.05, 0) is 0 Å². The zero-order valence-corrected chi connectivity index (χ0v) is 11.7. The van der Waals surface area contributed by atoms with E-state index in [0.29, 0.717) is 0 Å². The fraction of sp³-hybridized carbons (Fsp3) is 0.889. The second-order valence-corrected chi connectivity index (χ2v) is 4.76. The summed E-state index contributed by atoms with van der Waals surface area (Å²) in [7, 11) is 0. The van der Waals surface area contributed by atoms with Gasteiger partial charge in [0.15, 0.2) is 0 Å². The standard InChI is InChI=1S/C9F19/c10-1(3(13,14)5(17,18)8(23,24)25)2(11,12)4(15,16)6(19,20)7(21,22)9(26,27)28. The van der Waals surface area contributed by atoms with Crippen LogP contribution >= 0.6 is 0 Å². The van der Waals surface area contributed by atoms with Crippen LogP contribution in [-0.4, -0.2) is 47.9 Å². The highest BCUT2D eigenvalue weighted by atomic mass is 19.4. The second-order valence-electron chi connectivity index (χ2n) is 4.76. The summed E-state index contributed by atoms with van der Waals surface area (Å²) >= 11 is 0. The first-order valence-corrected chi connectivity index (χ1v) is 5.59. The normalized spacial score (nSPS) is 16.7. The van der Waals surface area contributed by atoms with Gasteiger partial charge in [-0.2, -0.15) is 79.0 Å². The van der Waals surface area contributed by atoms with Gasteiger partial charge in [0, 0.05) is 0 Å². The average molecular weight is 469 g/mol. The molecule has 0 atom stereocenters. The molecule has 0 saturated carbocycles. The molecule has 0 aromatic heterocycles. The molecule has 28 heavy (non-hydrogen) atoms. The summed E-state index contributed by atoms with van der Waals surface area (Å²) in [4.78, 5) is 0. The lowest BCUT2D eigenvalue weighted by Crippen LogP contribution is -2.69. The van der Waals surface area contributed by atoms with E-state index >= 15 is 0 Å². The van der Waals surface area contributed by atoms with Gasteiger partial charge in [-0.3, -0.25) is 0 Å². The lowest BCUT2D eigenvalue weighted by atomic mass is 9.90. The summed E-state index contributed by atoms with van der Waals surface area (Å²) in [6.07, 6.45) is -21.4. The molecule has 0 amide bonds. The highest BCUT2D eigenvalue weighted by molar-refractivity contribution is 5.20. The quantitative estimate of drug-likeness (QED) is 0.394. The van der Waals surface area contributed by atoms with E-state index in [1.165, 1.54) is 0 Å². The van der Waals surface area contributed by atoms with Crippen LogP contribution in [0.3, 0.4) is 0 Å². The molecule has 0 fully saturated rings. The maximum Gasteiger partial charge on any atom is 0.460 e. The smallest absolute Gasteiger partial charge is 0.226 e. The van der Waals surface area contributed by atoms with Crippen molar-refractivity contribution >= 4 is 0 Å². The third-order valence-electron chi connectivity index (χ3n) is 2.84. The van der Waals surface area contributed by atoms with Crippen LogP contribution in [0.5, 0.6) is 0 Å². The summed E-state index contributed by atoms with van der Waals surface area (Å²) in [6, 6.07) is 0. The molecular formula is C9F19. The fourth-order valence-corrected chi connectivity index (χ4v) is 1.22. The van der Waals surface area contributed by atoms with E-state index in [0.717, 1.165) is 0 Å². The van der Waals surface area contributed by atoms with Crippen LogP contribution in [0.1, 0.15) is 0 Å². The van der Waals surface area contributed by atoms with Gasteiger partial charge in [-0.25, -0.2) is 4.39 Å². The maximum atomic E-state index is 12.9. The van der Waals surface area contributed by atoms with Crippen LogP contribution < -0.4 is 0 Å². The van der Waals surface area contributed by atoms with E-state index in [9.17, 15) is 83.4 Å². The lowest BCUT2D eigenvalue weighted by molar-refractivity contribution is -0.429. The Morgan fingerprint density at radius 1 is 0.321 bits per heavy atom. The van der Waals surface area contributed by atoms with Crippen molar-refractivity contribution in [2.24, 2.45) is 0 Å². The SMILES string of the molecule is F[C](C(F)(F)C(F)(F)C(F)(F)F)C(F)(F)C(F)(F)C(F)(F)C(F)(F)C(F)(F)F. The third kappa shape index (κ3) is 3.30. The monoisotopic (exact) mass is 469 g/mol. The van der Waals surface area contributed by atoms with E-state index in [-0.39, 0.29) is 0 Å². The molecule has 0 nitrogen and oxygen atoms in total. The Labute approximate surface area is 139 Å². The summed E-state index contributed by atoms with van der Waals surface area (Å²) in [5.74, 6) is -49.7. The largest absolute Gasteiger partial charge is 0.460 e. The minimum atomic E-state index is -8.58. The van der Waals surface area contributed by atoms with Gasteiger partial charge < -0.3 is 0 Å². The molecule has 0 bridgehead atoms. The van der Waals surface area contributed by atoms with Crippen molar-refractivity contribution in [2.45, 2.75) is 47.9 Å². The Hall–Kier alpha value is -1.33. The van der Waals surface area contributed by atoms with Crippen molar-refractivity contribution in [3.8, 4) is 0 Å². The molecule has 0 spiro atoms. The van der Waals surface area contributed by atoms with Gasteiger partial charge in [0.05, 0.1) is 0 Å². The summed E-state index contributed by atoms with van der Waals surface area (Å²) in [5, 5.41) is 0. The Morgan fingerprint density at radius 2 is 0.571 bits per heavy atom. The van der Waals surface area contributed by atoms with E-state index in [1.807, 2.05) is 0 Å². The van der Waals surface area contributed by atoms with Gasteiger partial charge in [-0.1, -0.05) is 0 Å². The van der Waals surface area contributed by atoms with Crippen LogP contribution in [0, 0.1) is 6.17 Å². The molecule has 0 heterocycles. The van der Waals surface area contributed by atoms with Gasteiger partial charge in [0.2, 0.25) is 0 Å². The topological polar surface area (TPSA) is 0 Å². The van der Waals surface area contributed by atoms with E-state index in [2.05, 4.69) is 0 Å². The van der Waals surface area contributed by atoms with Crippen LogP contribution in [0.25, 0.3) is 0 Å². The molecule has 0 unspecified atom stereocenters. The van der Waals surface area contributed by atoms with Crippen molar-refractivity contribution in [1.82, 2.24) is 0 Å². The highest BCUT2D eigenvalue weighted by Gasteiger charge is 2.92. The predicted molar refractivity (Wildman–Crippen MR) is 46.1 cm³/mol. The third-order valence-corrected chi connectivity index (χ3v) is 2.84. The van der Waals surface area contributed by atoms with Crippen molar-refractivity contribution in [3.05, 3.63) is 6.17 Å². The number of alkyl halides is 18. The zero-order valence-electron chi connectivity index (χ0n) is 11.7. The van der Waals surface area contributed by atoms with E-state index < -0.39 is 54.1 Å². The molecule has 0 N–H and O–H groups in total. The molecule has 0 aromatic rings. The van der Waals surface area contributed by atoms with Gasteiger partial charge in [-0.15, -0.1) is 0 Å². The molecule has 0 aromatic carbocycles. The number of hydrogen-bond donors (Lipinski definition) is 0. The molecule has 1 radical (unpaired) electrons. The van der Waals surface area contributed by atoms with Gasteiger partial charge >= 0.3 is 47.9 Å². The molecule has 0 aliphatic rings. The lowest BCUT2D eigenvalue weighted by Gasteiger charge is -2.40. The zero-order chi connectivity index (χ0) is 23.6. The van der Waals surface area contributed by atoms with E-state index in [4.69, 9.17) is 0 Å². The molecular weight excluding hydrogens is 469 g/mol. The Morgan fingerprint density at radius 3 is 0.821 bits per heavy atom. The molecule has 0 rings (SSSR count). The Bertz CT molecular complexity index is 561.